The van der Waals surface area contributed by atoms with E-state index in [1.165, 1.54) is 0 Å². The molecule has 0 aliphatic rings. The lowest BCUT2D eigenvalue weighted by molar-refractivity contribution is 0.101. The zero-order valence-electron chi connectivity index (χ0n) is 11.1. The van der Waals surface area contributed by atoms with Gasteiger partial charge in [-0.1, -0.05) is 15.9 Å². The molecule has 0 heterocycles. The number of anilines is 1. The van der Waals surface area contributed by atoms with Crippen LogP contribution in [-0.4, -0.2) is 30.1 Å². The van der Waals surface area contributed by atoms with Crippen LogP contribution in [0.25, 0.3) is 0 Å². The van der Waals surface area contributed by atoms with Crippen LogP contribution >= 0.6 is 15.9 Å². The van der Waals surface area contributed by atoms with Crippen molar-refractivity contribution >= 4 is 27.4 Å². The molecule has 0 radical (unpaired) electrons. The van der Waals surface area contributed by atoms with Crippen molar-refractivity contribution < 1.29 is 9.90 Å². The predicted molar refractivity (Wildman–Crippen MR) is 78.3 cm³/mol. The third-order valence-corrected chi connectivity index (χ3v) is 3.32. The first-order valence-electron chi connectivity index (χ1n) is 6.15. The summed E-state index contributed by atoms with van der Waals surface area (Å²) in [6.45, 7) is 6.66. The summed E-state index contributed by atoms with van der Waals surface area (Å²) in [5, 5.41) is 8.97. The first kappa shape index (κ1) is 15.2. The SMILES string of the molecule is CC(=O)c1cc(Br)ccc1N(CCCO)C(C)C. The van der Waals surface area contributed by atoms with Gasteiger partial charge in [-0.05, 0) is 45.4 Å². The Morgan fingerprint density at radius 2 is 2.11 bits per heavy atom. The van der Waals surface area contributed by atoms with Crippen molar-refractivity contribution in [1.82, 2.24) is 0 Å². The van der Waals surface area contributed by atoms with Crippen molar-refractivity contribution in [2.45, 2.75) is 33.2 Å². The topological polar surface area (TPSA) is 40.5 Å². The number of benzene rings is 1. The number of carbonyl (C=O) groups excluding carboxylic acids is 1. The van der Waals surface area contributed by atoms with E-state index in [4.69, 9.17) is 5.11 Å². The van der Waals surface area contributed by atoms with Gasteiger partial charge in [0, 0.05) is 34.9 Å². The summed E-state index contributed by atoms with van der Waals surface area (Å²) in [4.78, 5) is 13.9. The molecule has 0 aliphatic heterocycles. The van der Waals surface area contributed by atoms with E-state index in [-0.39, 0.29) is 18.4 Å². The van der Waals surface area contributed by atoms with Gasteiger partial charge in [0.2, 0.25) is 0 Å². The number of ketones is 1. The molecule has 0 aromatic heterocycles. The lowest BCUT2D eigenvalue weighted by Gasteiger charge is -2.30. The maximum Gasteiger partial charge on any atom is 0.161 e. The third-order valence-electron chi connectivity index (χ3n) is 2.83. The van der Waals surface area contributed by atoms with Gasteiger partial charge in [-0.3, -0.25) is 4.79 Å². The fraction of sp³-hybridized carbons (Fsp3) is 0.500. The van der Waals surface area contributed by atoms with Crippen molar-refractivity contribution in [3.05, 3.63) is 28.2 Å². The van der Waals surface area contributed by atoms with E-state index in [0.29, 0.717) is 6.42 Å². The van der Waals surface area contributed by atoms with Crippen LogP contribution in [0.5, 0.6) is 0 Å². The molecule has 100 valence electrons. The molecule has 0 saturated carbocycles. The zero-order chi connectivity index (χ0) is 13.7. The minimum Gasteiger partial charge on any atom is -0.396 e. The number of hydrogen-bond acceptors (Lipinski definition) is 3. The summed E-state index contributed by atoms with van der Waals surface area (Å²) in [5.74, 6) is 0.0564. The Morgan fingerprint density at radius 1 is 1.44 bits per heavy atom. The van der Waals surface area contributed by atoms with E-state index >= 15 is 0 Å². The third kappa shape index (κ3) is 3.82. The Hall–Kier alpha value is -0.870. The summed E-state index contributed by atoms with van der Waals surface area (Å²) >= 11 is 3.39. The van der Waals surface area contributed by atoms with Crippen molar-refractivity contribution in [1.29, 1.82) is 0 Å². The van der Waals surface area contributed by atoms with Crippen LogP contribution in [0, 0.1) is 0 Å². The van der Waals surface area contributed by atoms with E-state index in [1.807, 2.05) is 18.2 Å². The largest absolute Gasteiger partial charge is 0.396 e. The minimum absolute atomic E-state index is 0.0564. The van der Waals surface area contributed by atoms with Gasteiger partial charge < -0.3 is 10.0 Å². The summed E-state index contributed by atoms with van der Waals surface area (Å²) < 4.78 is 0.905. The summed E-state index contributed by atoms with van der Waals surface area (Å²) in [6, 6.07) is 6.04. The lowest BCUT2D eigenvalue weighted by Crippen LogP contribution is -2.33. The molecule has 0 bridgehead atoms. The highest BCUT2D eigenvalue weighted by Crippen LogP contribution is 2.26. The standard InChI is InChI=1S/C14H20BrNO2/c1-10(2)16(7-4-8-17)14-6-5-12(15)9-13(14)11(3)18/h5-6,9-10,17H,4,7-8H2,1-3H3. The Kier molecular flexibility index (Phi) is 5.82. The molecule has 0 spiro atoms. The van der Waals surface area contributed by atoms with Gasteiger partial charge in [0.15, 0.2) is 5.78 Å². The van der Waals surface area contributed by atoms with Crippen LogP contribution in [0.3, 0.4) is 0 Å². The van der Waals surface area contributed by atoms with Crippen LogP contribution in [0.15, 0.2) is 22.7 Å². The average molecular weight is 314 g/mol. The van der Waals surface area contributed by atoms with Crippen molar-refractivity contribution in [2.75, 3.05) is 18.1 Å². The second kappa shape index (κ2) is 6.90. The van der Waals surface area contributed by atoms with Crippen LogP contribution in [0.2, 0.25) is 0 Å². The van der Waals surface area contributed by atoms with Crippen LogP contribution in [0.1, 0.15) is 37.6 Å². The number of rotatable bonds is 6. The maximum absolute atomic E-state index is 11.7. The molecule has 0 atom stereocenters. The molecule has 1 aromatic carbocycles. The molecular weight excluding hydrogens is 294 g/mol. The monoisotopic (exact) mass is 313 g/mol. The number of halogens is 1. The van der Waals surface area contributed by atoms with Gasteiger partial charge in [-0.2, -0.15) is 0 Å². The molecule has 3 nitrogen and oxygen atoms in total. The van der Waals surface area contributed by atoms with E-state index < -0.39 is 0 Å². The normalized spacial score (nSPS) is 10.8. The number of aliphatic hydroxyl groups excluding tert-OH is 1. The fourth-order valence-corrected chi connectivity index (χ4v) is 2.30. The quantitative estimate of drug-likeness (QED) is 0.820. The van der Waals surface area contributed by atoms with E-state index in [9.17, 15) is 4.79 Å². The first-order chi connectivity index (χ1) is 8.47. The first-order valence-corrected chi connectivity index (χ1v) is 6.94. The van der Waals surface area contributed by atoms with Crippen LogP contribution in [-0.2, 0) is 0 Å². The number of nitrogens with zero attached hydrogens (tertiary/aromatic N) is 1. The van der Waals surface area contributed by atoms with E-state index in [1.54, 1.807) is 6.92 Å². The van der Waals surface area contributed by atoms with Crippen molar-refractivity contribution in [3.63, 3.8) is 0 Å². The Bertz CT molecular complexity index is 418. The van der Waals surface area contributed by atoms with Gasteiger partial charge in [0.05, 0.1) is 0 Å². The molecule has 0 fully saturated rings. The highest BCUT2D eigenvalue weighted by atomic mass is 79.9. The average Bonchev–Trinajstić information content (AvgIpc) is 2.30. The van der Waals surface area contributed by atoms with Crippen LogP contribution in [0.4, 0.5) is 5.69 Å². The summed E-state index contributed by atoms with van der Waals surface area (Å²) in [5.41, 5.74) is 1.66. The molecule has 1 aromatic rings. The second-order valence-electron chi connectivity index (χ2n) is 4.58. The fourth-order valence-electron chi connectivity index (χ4n) is 1.94. The number of carbonyl (C=O) groups is 1. The molecule has 0 aliphatic carbocycles. The van der Waals surface area contributed by atoms with Crippen molar-refractivity contribution in [3.8, 4) is 0 Å². The highest BCUT2D eigenvalue weighted by Gasteiger charge is 2.16. The Morgan fingerprint density at radius 3 is 2.61 bits per heavy atom. The smallest absolute Gasteiger partial charge is 0.161 e. The maximum atomic E-state index is 11.7. The second-order valence-corrected chi connectivity index (χ2v) is 5.50. The zero-order valence-corrected chi connectivity index (χ0v) is 12.7. The van der Waals surface area contributed by atoms with Gasteiger partial charge in [0.1, 0.15) is 0 Å². The molecule has 0 saturated heterocycles. The summed E-state index contributed by atoms with van der Waals surface area (Å²) in [6.07, 6.45) is 0.700. The van der Waals surface area contributed by atoms with Gasteiger partial charge in [0.25, 0.3) is 0 Å². The number of hydrogen-bond donors (Lipinski definition) is 1. The molecule has 1 N–H and O–H groups in total. The summed E-state index contributed by atoms with van der Waals surface area (Å²) in [7, 11) is 0. The molecular formula is C14H20BrNO2. The molecule has 1 rings (SSSR count). The lowest BCUT2D eigenvalue weighted by atomic mass is 10.1. The predicted octanol–water partition coefficient (Wildman–Crippen LogP) is 3.25. The van der Waals surface area contributed by atoms with Gasteiger partial charge in [-0.25, -0.2) is 0 Å². The van der Waals surface area contributed by atoms with Crippen LogP contribution < -0.4 is 4.90 Å². The molecule has 0 amide bonds. The van der Waals surface area contributed by atoms with Gasteiger partial charge in [-0.15, -0.1) is 0 Å². The molecule has 18 heavy (non-hydrogen) atoms. The molecule has 4 heteroatoms. The number of aliphatic hydroxyl groups is 1. The minimum atomic E-state index is 0.0564. The van der Waals surface area contributed by atoms with E-state index in [2.05, 4.69) is 34.7 Å². The van der Waals surface area contributed by atoms with E-state index in [0.717, 1.165) is 22.3 Å². The number of Topliss-reactive ketones (excluding diaryl/α,β-unsaturated/α-hetero) is 1. The van der Waals surface area contributed by atoms with Crippen molar-refractivity contribution in [2.24, 2.45) is 0 Å². The Balaban J connectivity index is 3.14. The Labute approximate surface area is 117 Å². The highest BCUT2D eigenvalue weighted by molar-refractivity contribution is 9.10. The molecule has 0 unspecified atom stereocenters. The van der Waals surface area contributed by atoms with Gasteiger partial charge >= 0.3 is 0 Å².